The van der Waals surface area contributed by atoms with Crippen molar-refractivity contribution in [1.82, 2.24) is 5.32 Å². The zero-order chi connectivity index (χ0) is 11.2. The maximum absolute atomic E-state index is 9.26. The molecule has 84 valence electrons. The third kappa shape index (κ3) is 4.04. The van der Waals surface area contributed by atoms with Gasteiger partial charge in [-0.15, -0.1) is 0 Å². The third-order valence-electron chi connectivity index (χ3n) is 2.23. The van der Waals surface area contributed by atoms with Crippen molar-refractivity contribution < 1.29 is 10.3 Å². The van der Waals surface area contributed by atoms with Crippen LogP contribution in [-0.2, 0) is 0 Å². The van der Waals surface area contributed by atoms with Gasteiger partial charge in [-0.3, -0.25) is 0 Å². The van der Waals surface area contributed by atoms with Gasteiger partial charge in [-0.2, -0.15) is 0 Å². The van der Waals surface area contributed by atoms with Crippen LogP contribution in [0.2, 0.25) is 0 Å². The molecule has 5 nitrogen and oxygen atoms in total. The van der Waals surface area contributed by atoms with Crippen molar-refractivity contribution in [1.29, 1.82) is 0 Å². The van der Waals surface area contributed by atoms with Crippen LogP contribution in [0.15, 0.2) is 5.16 Å². The molecule has 0 bridgehead atoms. The third-order valence-corrected chi connectivity index (χ3v) is 2.23. The minimum Gasteiger partial charge on any atom is -0.411 e. The van der Waals surface area contributed by atoms with Gasteiger partial charge in [-0.05, 0) is 20.3 Å². The first kappa shape index (κ1) is 13.4. The van der Waals surface area contributed by atoms with Gasteiger partial charge in [-0.25, -0.2) is 0 Å². The summed E-state index contributed by atoms with van der Waals surface area (Å²) in [7, 11) is 0. The number of aliphatic hydroxyl groups is 1. The lowest BCUT2D eigenvalue weighted by molar-refractivity contribution is 0.172. The average molecular weight is 203 g/mol. The van der Waals surface area contributed by atoms with E-state index in [0.29, 0.717) is 18.7 Å². The molecule has 5 N–H and O–H groups in total. The minimum absolute atomic E-state index is 0.223. The number of nitrogens with one attached hydrogen (secondary N) is 1. The summed E-state index contributed by atoms with van der Waals surface area (Å²) in [5.74, 6) is 0. The van der Waals surface area contributed by atoms with Gasteiger partial charge in [0.05, 0.1) is 17.4 Å². The first-order chi connectivity index (χ1) is 6.47. The maximum Gasteiger partial charge on any atom is 0.0786 e. The monoisotopic (exact) mass is 203 g/mol. The van der Waals surface area contributed by atoms with Gasteiger partial charge >= 0.3 is 0 Å². The number of hydrogen-bond donors (Lipinski definition) is 4. The van der Waals surface area contributed by atoms with Crippen molar-refractivity contribution in [3.8, 4) is 0 Å². The largest absolute Gasteiger partial charge is 0.411 e. The molecule has 0 radical (unpaired) electrons. The molecule has 0 saturated carbocycles. The van der Waals surface area contributed by atoms with Crippen LogP contribution < -0.4 is 11.1 Å². The van der Waals surface area contributed by atoms with E-state index < -0.39 is 11.6 Å². The molecule has 0 heterocycles. The van der Waals surface area contributed by atoms with Crippen LogP contribution >= 0.6 is 0 Å². The number of aliphatic hydroxyl groups excluding tert-OH is 1. The SMILES string of the molecule is CCC(=NO)C(C)(C)NCC(O)CN. The van der Waals surface area contributed by atoms with E-state index in [2.05, 4.69) is 10.5 Å². The molecule has 0 spiro atoms. The summed E-state index contributed by atoms with van der Waals surface area (Å²) in [5.41, 5.74) is 5.51. The number of hydrogen-bond acceptors (Lipinski definition) is 5. The molecular weight excluding hydrogens is 182 g/mol. The highest BCUT2D eigenvalue weighted by molar-refractivity contribution is 5.92. The second kappa shape index (κ2) is 5.95. The van der Waals surface area contributed by atoms with Gasteiger partial charge in [0, 0.05) is 13.1 Å². The van der Waals surface area contributed by atoms with Crippen molar-refractivity contribution in [2.24, 2.45) is 10.9 Å². The fourth-order valence-electron chi connectivity index (χ4n) is 1.20. The van der Waals surface area contributed by atoms with Crippen molar-refractivity contribution in [3.63, 3.8) is 0 Å². The minimum atomic E-state index is -0.564. The predicted octanol–water partition coefficient (Wildman–Crippen LogP) is -0.0856. The second-order valence-corrected chi connectivity index (χ2v) is 3.80. The summed E-state index contributed by atoms with van der Waals surface area (Å²) < 4.78 is 0. The molecule has 0 aliphatic heterocycles. The fourth-order valence-corrected chi connectivity index (χ4v) is 1.20. The molecule has 5 heteroatoms. The van der Waals surface area contributed by atoms with Gasteiger partial charge in [0.2, 0.25) is 0 Å². The Kier molecular flexibility index (Phi) is 5.68. The Balaban J connectivity index is 4.19. The van der Waals surface area contributed by atoms with Gasteiger partial charge in [0.25, 0.3) is 0 Å². The molecule has 0 saturated heterocycles. The van der Waals surface area contributed by atoms with Gasteiger partial charge < -0.3 is 21.4 Å². The van der Waals surface area contributed by atoms with Gasteiger partial charge in [-0.1, -0.05) is 12.1 Å². The Bertz CT molecular complexity index is 192. The first-order valence-corrected chi connectivity index (χ1v) is 4.82. The Morgan fingerprint density at radius 3 is 2.50 bits per heavy atom. The van der Waals surface area contributed by atoms with E-state index in [4.69, 9.17) is 10.9 Å². The lowest BCUT2D eigenvalue weighted by Gasteiger charge is -2.27. The van der Waals surface area contributed by atoms with E-state index in [1.807, 2.05) is 20.8 Å². The Hall–Kier alpha value is -0.650. The number of nitrogens with zero attached hydrogens (tertiary/aromatic N) is 1. The summed E-state index contributed by atoms with van der Waals surface area (Å²) in [4.78, 5) is 0. The molecule has 0 rings (SSSR count). The van der Waals surface area contributed by atoms with Crippen molar-refractivity contribution in [3.05, 3.63) is 0 Å². The van der Waals surface area contributed by atoms with Crippen LogP contribution in [-0.4, -0.2) is 40.8 Å². The van der Waals surface area contributed by atoms with E-state index in [1.54, 1.807) is 0 Å². The van der Waals surface area contributed by atoms with E-state index in [-0.39, 0.29) is 6.54 Å². The van der Waals surface area contributed by atoms with Gasteiger partial charge in [0.1, 0.15) is 0 Å². The normalized spacial score (nSPS) is 15.6. The van der Waals surface area contributed by atoms with Crippen LogP contribution in [0.5, 0.6) is 0 Å². The molecule has 14 heavy (non-hydrogen) atoms. The van der Waals surface area contributed by atoms with E-state index >= 15 is 0 Å². The molecule has 0 aromatic heterocycles. The van der Waals surface area contributed by atoms with Gasteiger partial charge in [0.15, 0.2) is 0 Å². The first-order valence-electron chi connectivity index (χ1n) is 4.82. The molecule has 0 fully saturated rings. The number of β-amino-alcohol motifs (C(OH)–C–C–N with tert-alkyl or cyclic N) is 1. The fraction of sp³-hybridized carbons (Fsp3) is 0.889. The highest BCUT2D eigenvalue weighted by Crippen LogP contribution is 2.08. The Morgan fingerprint density at radius 2 is 2.14 bits per heavy atom. The Labute approximate surface area is 85.0 Å². The topological polar surface area (TPSA) is 90.9 Å². The average Bonchev–Trinajstić information content (AvgIpc) is 2.15. The van der Waals surface area contributed by atoms with Crippen LogP contribution in [0.4, 0.5) is 0 Å². The highest BCUT2D eigenvalue weighted by Gasteiger charge is 2.24. The second-order valence-electron chi connectivity index (χ2n) is 3.80. The predicted molar refractivity (Wildman–Crippen MR) is 56.7 cm³/mol. The molecule has 0 amide bonds. The van der Waals surface area contributed by atoms with Crippen LogP contribution in [0, 0.1) is 0 Å². The molecule has 0 aromatic carbocycles. The summed E-state index contributed by atoms with van der Waals surface area (Å²) in [6.07, 6.45) is 0.0981. The number of oxime groups is 1. The summed E-state index contributed by atoms with van der Waals surface area (Å²) >= 11 is 0. The summed E-state index contributed by atoms with van der Waals surface area (Å²) in [5, 5.41) is 24.3. The van der Waals surface area contributed by atoms with E-state index in [1.165, 1.54) is 0 Å². The lowest BCUT2D eigenvalue weighted by atomic mass is 9.96. The maximum atomic E-state index is 9.26. The van der Waals surface area contributed by atoms with Crippen molar-refractivity contribution in [2.45, 2.75) is 38.8 Å². The van der Waals surface area contributed by atoms with E-state index in [0.717, 1.165) is 0 Å². The molecule has 0 aliphatic carbocycles. The Morgan fingerprint density at radius 1 is 1.57 bits per heavy atom. The molecule has 0 aromatic rings. The zero-order valence-electron chi connectivity index (χ0n) is 9.12. The summed E-state index contributed by atoms with van der Waals surface area (Å²) in [6.45, 7) is 6.32. The van der Waals surface area contributed by atoms with Crippen molar-refractivity contribution >= 4 is 5.71 Å². The quantitative estimate of drug-likeness (QED) is 0.276. The van der Waals surface area contributed by atoms with Crippen LogP contribution in [0.3, 0.4) is 0 Å². The van der Waals surface area contributed by atoms with Crippen LogP contribution in [0.1, 0.15) is 27.2 Å². The standard InChI is InChI=1S/C9H21N3O2/c1-4-8(12-14)9(2,3)11-6-7(13)5-10/h7,11,13-14H,4-6,10H2,1-3H3. The molecular formula is C9H21N3O2. The van der Waals surface area contributed by atoms with E-state index in [9.17, 15) is 5.11 Å². The number of rotatable bonds is 6. The molecule has 0 aliphatic rings. The lowest BCUT2D eigenvalue weighted by Crippen LogP contribution is -2.50. The van der Waals surface area contributed by atoms with Crippen molar-refractivity contribution in [2.75, 3.05) is 13.1 Å². The zero-order valence-corrected chi connectivity index (χ0v) is 9.12. The van der Waals surface area contributed by atoms with Crippen LogP contribution in [0.25, 0.3) is 0 Å². The summed E-state index contributed by atoms with van der Waals surface area (Å²) in [6, 6.07) is 0. The highest BCUT2D eigenvalue weighted by atomic mass is 16.4. The smallest absolute Gasteiger partial charge is 0.0786 e. The molecule has 1 unspecified atom stereocenters. The number of nitrogens with two attached hydrogens (primary N) is 1. The molecule has 1 atom stereocenters.